The molecule has 0 fully saturated rings. The van der Waals surface area contributed by atoms with Crippen molar-refractivity contribution in [3.8, 4) is 0 Å². The van der Waals surface area contributed by atoms with Crippen LogP contribution in [0.25, 0.3) is 0 Å². The van der Waals surface area contributed by atoms with Gasteiger partial charge < -0.3 is 33.7 Å². The molecule has 3 aromatic rings. The van der Waals surface area contributed by atoms with Gasteiger partial charge in [0.25, 0.3) is 17.5 Å². The van der Waals surface area contributed by atoms with Gasteiger partial charge in [-0.15, -0.1) is 0 Å². The molecule has 3 aromatic carbocycles. The molecule has 0 saturated heterocycles. The van der Waals surface area contributed by atoms with Gasteiger partial charge in [0.05, 0.1) is 4.92 Å². The number of carbonyl (C=O) groups is 2. The second-order valence-corrected chi connectivity index (χ2v) is 7.73. The van der Waals surface area contributed by atoms with Crippen LogP contribution in [0.3, 0.4) is 0 Å². The first-order valence-electron chi connectivity index (χ1n) is 11.2. The summed E-state index contributed by atoms with van der Waals surface area (Å²) in [6, 6.07) is 17.4. The number of amidine groups is 2. The van der Waals surface area contributed by atoms with Gasteiger partial charge in [0.15, 0.2) is 0 Å². The molecular weight excluding hydrogens is 510 g/mol. The quantitative estimate of drug-likeness (QED) is 0.148. The summed E-state index contributed by atoms with van der Waals surface area (Å²) in [6.07, 6.45) is 0. The Morgan fingerprint density at radius 3 is 1.34 bits per heavy atom. The van der Waals surface area contributed by atoms with Crippen molar-refractivity contribution in [2.24, 2.45) is 9.98 Å². The van der Waals surface area contributed by atoms with Crippen LogP contribution in [0.15, 0.2) is 76.7 Å². The third kappa shape index (κ3) is 7.14. The fourth-order valence-electron chi connectivity index (χ4n) is 3.58. The Kier molecular flexibility index (Phi) is 10.5. The largest absolute Gasteiger partial charge is 1.00 e. The summed E-state index contributed by atoms with van der Waals surface area (Å²) in [7, 11) is 6.83. The lowest BCUT2D eigenvalue weighted by molar-refractivity contribution is -0.384. The molecule has 3 rings (SSSR count). The van der Waals surface area contributed by atoms with Crippen LogP contribution in [0.1, 0.15) is 31.8 Å². The summed E-state index contributed by atoms with van der Waals surface area (Å²) < 4.78 is 0. The molecule has 0 bridgehead atoms. The molecule has 198 valence electrons. The van der Waals surface area contributed by atoms with Gasteiger partial charge in [-0.05, 0) is 54.6 Å². The van der Waals surface area contributed by atoms with Crippen molar-refractivity contribution in [1.82, 2.24) is 10.6 Å². The van der Waals surface area contributed by atoms with E-state index < -0.39 is 16.7 Å². The van der Waals surface area contributed by atoms with Crippen LogP contribution in [0.4, 0.5) is 17.1 Å². The fraction of sp³-hybridized carbons (Fsp3) is 0.154. The number of non-ortho nitro benzene ring substituents is 1. The minimum absolute atomic E-state index is 0. The van der Waals surface area contributed by atoms with E-state index in [4.69, 9.17) is 0 Å². The number of nitro groups is 1. The Morgan fingerprint density at radius 1 is 0.684 bits per heavy atom. The van der Waals surface area contributed by atoms with Crippen LogP contribution in [-0.2, 0) is 0 Å². The van der Waals surface area contributed by atoms with E-state index in [-0.39, 0.29) is 29.2 Å². The van der Waals surface area contributed by atoms with E-state index in [1.807, 2.05) is 0 Å². The molecule has 2 amide bonds. The molecule has 0 aliphatic heterocycles. The summed E-state index contributed by atoms with van der Waals surface area (Å²) in [5.74, 6) is 0.184. The molecule has 11 nitrogen and oxygen atoms in total. The molecule has 0 aliphatic carbocycles. The average Bonchev–Trinajstić information content (AvgIpc) is 2.91. The second-order valence-electron chi connectivity index (χ2n) is 7.73. The highest BCUT2D eigenvalue weighted by Gasteiger charge is 2.19. The van der Waals surface area contributed by atoms with E-state index in [2.05, 4.69) is 31.3 Å². The predicted octanol–water partition coefficient (Wildman–Crippen LogP) is 0.295. The molecule has 12 heteroatoms. The highest BCUT2D eigenvalue weighted by atomic mass is 35.5. The van der Waals surface area contributed by atoms with Gasteiger partial charge in [0, 0.05) is 74.0 Å². The lowest BCUT2D eigenvalue weighted by atomic mass is 10.1. The zero-order valence-corrected chi connectivity index (χ0v) is 22.0. The monoisotopic (exact) mass is 536 g/mol. The number of benzene rings is 3. The Labute approximate surface area is 226 Å². The molecular formula is C26H27ClN7O4-. The molecule has 0 unspecified atom stereocenters. The third-order valence-corrected chi connectivity index (χ3v) is 5.41. The molecule has 0 atom stereocenters. The van der Waals surface area contributed by atoms with E-state index in [0.717, 1.165) is 23.3 Å². The normalized spacial score (nSPS) is 11.2. The van der Waals surface area contributed by atoms with Gasteiger partial charge in [-0.3, -0.25) is 29.7 Å². The Balaban J connectivity index is 0.00000507. The number of aliphatic imine (C=N–C) groups is 2. The maximum absolute atomic E-state index is 12.9. The van der Waals surface area contributed by atoms with E-state index in [0.29, 0.717) is 23.0 Å². The Morgan fingerprint density at radius 2 is 1.05 bits per heavy atom. The van der Waals surface area contributed by atoms with E-state index in [9.17, 15) is 19.7 Å². The molecule has 38 heavy (non-hydrogen) atoms. The number of hydrogen-bond donors (Lipinski definition) is 4. The third-order valence-electron chi connectivity index (χ3n) is 5.41. The minimum Gasteiger partial charge on any atom is -1.00 e. The van der Waals surface area contributed by atoms with Crippen LogP contribution in [0.2, 0.25) is 0 Å². The molecule has 0 saturated carbocycles. The maximum Gasteiger partial charge on any atom is 0.271 e. The Bertz CT molecular complexity index is 1280. The van der Waals surface area contributed by atoms with Crippen molar-refractivity contribution in [3.63, 3.8) is 0 Å². The highest BCUT2D eigenvalue weighted by Crippen LogP contribution is 2.21. The van der Waals surface area contributed by atoms with Crippen molar-refractivity contribution in [1.29, 1.82) is 0 Å². The van der Waals surface area contributed by atoms with Crippen LogP contribution < -0.4 is 33.7 Å². The number of hydrogen-bond acceptors (Lipinski definition) is 6. The summed E-state index contributed by atoms with van der Waals surface area (Å²) >= 11 is 0. The number of carbonyl (C=O) groups excluding carboxylic acids is 2. The van der Waals surface area contributed by atoms with Crippen molar-refractivity contribution >= 4 is 40.5 Å². The number of rotatable bonds is 7. The van der Waals surface area contributed by atoms with Crippen molar-refractivity contribution in [3.05, 3.63) is 99.1 Å². The molecule has 0 radical (unpaired) electrons. The average molecular weight is 537 g/mol. The van der Waals surface area contributed by atoms with Gasteiger partial charge in [0.1, 0.15) is 11.7 Å². The Hall–Kier alpha value is -4.77. The minimum atomic E-state index is -0.649. The molecule has 0 aliphatic rings. The van der Waals surface area contributed by atoms with E-state index in [1.165, 1.54) is 6.07 Å². The smallest absolute Gasteiger partial charge is 0.271 e. The van der Waals surface area contributed by atoms with Gasteiger partial charge in [-0.25, -0.2) is 0 Å². The standard InChI is InChI=1S/C26H27N7O4.ClH/c1-27-23(28-2)16-5-9-20(10-6-16)31-25(34)18-13-19(15-22(14-18)33(36)37)26(35)32-21-11-7-17(8-12-21)24(29-3)30-4;/h5-15H,1-4H3,(H,27,28)(H,29,30)(H,31,34)(H,32,35);1H/p-1. The number of halogens is 1. The number of amides is 2. The van der Waals surface area contributed by atoms with E-state index >= 15 is 0 Å². The zero-order chi connectivity index (χ0) is 26.9. The fourth-order valence-corrected chi connectivity index (χ4v) is 3.58. The summed E-state index contributed by atoms with van der Waals surface area (Å²) in [5.41, 5.74) is 2.19. The SMILES string of the molecule is CN=C(NC)c1ccc(NC(=O)c2cc(C(=O)Nc3ccc(C(=NC)NC)cc3)cc([N+](=O)[O-])c2)cc1.[Cl-]. The van der Waals surface area contributed by atoms with Crippen molar-refractivity contribution in [2.45, 2.75) is 0 Å². The van der Waals surface area contributed by atoms with Gasteiger partial charge >= 0.3 is 0 Å². The van der Waals surface area contributed by atoms with Crippen molar-refractivity contribution < 1.29 is 26.9 Å². The van der Waals surface area contributed by atoms with Gasteiger partial charge in [0.2, 0.25) is 0 Å². The molecule has 4 N–H and O–H groups in total. The van der Waals surface area contributed by atoms with Crippen LogP contribution in [-0.4, -0.2) is 56.6 Å². The van der Waals surface area contributed by atoms with Gasteiger partial charge in [-0.2, -0.15) is 0 Å². The first kappa shape index (κ1) is 29.5. The molecule has 0 heterocycles. The van der Waals surface area contributed by atoms with Crippen LogP contribution >= 0.6 is 0 Å². The first-order valence-corrected chi connectivity index (χ1v) is 11.2. The number of nitrogens with one attached hydrogen (secondary N) is 4. The zero-order valence-electron chi connectivity index (χ0n) is 21.2. The summed E-state index contributed by atoms with van der Waals surface area (Å²) in [5, 5.41) is 22.8. The lowest BCUT2D eigenvalue weighted by Gasteiger charge is -2.10. The van der Waals surface area contributed by atoms with Gasteiger partial charge in [-0.1, -0.05) is 0 Å². The van der Waals surface area contributed by atoms with Crippen LogP contribution in [0, 0.1) is 10.1 Å². The van der Waals surface area contributed by atoms with Crippen molar-refractivity contribution in [2.75, 3.05) is 38.8 Å². The maximum atomic E-state index is 12.9. The first-order chi connectivity index (χ1) is 17.8. The number of anilines is 2. The second kappa shape index (κ2) is 13.5. The predicted molar refractivity (Wildman–Crippen MR) is 145 cm³/mol. The topological polar surface area (TPSA) is 150 Å². The molecule has 0 spiro atoms. The molecule has 0 aromatic heterocycles. The van der Waals surface area contributed by atoms with E-state index in [1.54, 1.807) is 76.7 Å². The lowest BCUT2D eigenvalue weighted by Crippen LogP contribution is -3.00. The summed E-state index contributed by atoms with van der Waals surface area (Å²) in [6.45, 7) is 0. The van der Waals surface area contributed by atoms with Crippen LogP contribution in [0.5, 0.6) is 0 Å². The summed E-state index contributed by atoms with van der Waals surface area (Å²) in [4.78, 5) is 44.9. The number of nitrogens with zero attached hydrogens (tertiary/aromatic N) is 3. The number of nitro benzene ring substituents is 1. The highest BCUT2D eigenvalue weighted by molar-refractivity contribution is 6.10.